The third-order valence-electron chi connectivity index (χ3n) is 8.44. The minimum Gasteiger partial charge on any atom is -0.456 e. The lowest BCUT2D eigenvalue weighted by Crippen LogP contribution is -2.16. The Morgan fingerprint density at radius 2 is 1.23 bits per heavy atom. The van der Waals surface area contributed by atoms with Gasteiger partial charge in [-0.3, -0.25) is 0 Å². The third-order valence-corrected chi connectivity index (χ3v) is 8.44. The van der Waals surface area contributed by atoms with Crippen LogP contribution in [0.2, 0.25) is 0 Å². The van der Waals surface area contributed by atoms with Crippen molar-refractivity contribution in [2.75, 3.05) is 4.90 Å². The van der Waals surface area contributed by atoms with Gasteiger partial charge in [-0.1, -0.05) is 92.7 Å². The van der Waals surface area contributed by atoms with Crippen molar-refractivity contribution < 1.29 is 4.42 Å². The summed E-state index contributed by atoms with van der Waals surface area (Å²) in [6.07, 6.45) is 0. The summed E-state index contributed by atoms with van der Waals surface area (Å²) in [5, 5.41) is 4.74. The van der Waals surface area contributed by atoms with Crippen LogP contribution in [0.1, 0.15) is 25.0 Å². The Bertz CT molecular complexity index is 2050. The van der Waals surface area contributed by atoms with Gasteiger partial charge in [0.2, 0.25) is 0 Å². The first-order valence-electron chi connectivity index (χ1n) is 13.5. The third kappa shape index (κ3) is 3.21. The van der Waals surface area contributed by atoms with Crippen molar-refractivity contribution in [3.05, 3.63) is 139 Å². The fraction of sp³-hybridized carbons (Fsp3) is 0.0811. The SMILES string of the molecule is CC1(C)c2ccccc2-c2ccc(N(c3ccccc3)c3ccc4c(ccc5oc6ccccc6c54)c3)cc21. The van der Waals surface area contributed by atoms with E-state index in [-0.39, 0.29) is 5.41 Å². The Kier molecular flexibility index (Phi) is 4.60. The molecule has 186 valence electrons. The Morgan fingerprint density at radius 1 is 0.513 bits per heavy atom. The zero-order valence-electron chi connectivity index (χ0n) is 22.0. The number of para-hydroxylation sites is 2. The van der Waals surface area contributed by atoms with Crippen LogP contribution in [0.5, 0.6) is 0 Å². The Labute approximate surface area is 227 Å². The van der Waals surface area contributed by atoms with Crippen LogP contribution in [0.4, 0.5) is 17.1 Å². The van der Waals surface area contributed by atoms with Crippen LogP contribution in [0, 0.1) is 0 Å². The zero-order chi connectivity index (χ0) is 26.1. The van der Waals surface area contributed by atoms with Crippen molar-refractivity contribution in [2.45, 2.75) is 19.3 Å². The number of anilines is 3. The molecule has 0 bridgehead atoms. The molecule has 0 radical (unpaired) electrons. The normalized spacial score (nSPS) is 13.6. The fourth-order valence-electron chi connectivity index (χ4n) is 6.54. The van der Waals surface area contributed by atoms with Crippen LogP contribution in [0.15, 0.2) is 132 Å². The second-order valence-corrected chi connectivity index (χ2v) is 11.0. The van der Waals surface area contributed by atoms with Gasteiger partial charge in [-0.15, -0.1) is 0 Å². The molecule has 2 nitrogen and oxygen atoms in total. The van der Waals surface area contributed by atoms with E-state index >= 15 is 0 Å². The lowest BCUT2D eigenvalue weighted by Gasteiger charge is -2.28. The summed E-state index contributed by atoms with van der Waals surface area (Å²) in [5.41, 5.74) is 10.7. The maximum Gasteiger partial charge on any atom is 0.136 e. The molecule has 39 heavy (non-hydrogen) atoms. The Morgan fingerprint density at radius 3 is 2.13 bits per heavy atom. The summed E-state index contributed by atoms with van der Waals surface area (Å²) in [5.74, 6) is 0. The van der Waals surface area contributed by atoms with Gasteiger partial charge >= 0.3 is 0 Å². The predicted molar refractivity (Wildman–Crippen MR) is 163 cm³/mol. The predicted octanol–water partition coefficient (Wildman–Crippen LogP) is 10.5. The smallest absolute Gasteiger partial charge is 0.136 e. The highest BCUT2D eigenvalue weighted by Gasteiger charge is 2.35. The fourth-order valence-corrected chi connectivity index (χ4v) is 6.54. The van der Waals surface area contributed by atoms with Crippen molar-refractivity contribution in [1.82, 2.24) is 0 Å². The molecule has 1 aromatic heterocycles. The molecule has 1 aliphatic carbocycles. The monoisotopic (exact) mass is 501 g/mol. The van der Waals surface area contributed by atoms with Gasteiger partial charge < -0.3 is 9.32 Å². The number of rotatable bonds is 3. The minimum absolute atomic E-state index is 0.0539. The van der Waals surface area contributed by atoms with Crippen LogP contribution in [0.25, 0.3) is 43.8 Å². The van der Waals surface area contributed by atoms with Crippen LogP contribution in [-0.2, 0) is 5.41 Å². The van der Waals surface area contributed by atoms with E-state index in [0.717, 1.165) is 33.6 Å². The lowest BCUT2D eigenvalue weighted by atomic mass is 9.82. The number of furan rings is 1. The maximum absolute atomic E-state index is 6.16. The van der Waals surface area contributed by atoms with E-state index in [2.05, 4.69) is 134 Å². The number of hydrogen-bond acceptors (Lipinski definition) is 2. The molecule has 6 aromatic carbocycles. The van der Waals surface area contributed by atoms with Gasteiger partial charge in [0.1, 0.15) is 11.2 Å². The number of benzene rings is 6. The minimum atomic E-state index is -0.0539. The standard InChI is InChI=1S/C37H27NO/c1-37(2)32-14-8-6-12-29(32)30-20-18-27(23-33(30)37)38(25-10-4-3-5-11-25)26-17-19-28-24(22-26)16-21-35-36(28)31-13-7-9-15-34(31)39-35/h3-23H,1-2H3. The van der Waals surface area contributed by atoms with E-state index in [1.165, 1.54) is 38.4 Å². The average Bonchev–Trinajstić information content (AvgIpc) is 3.47. The summed E-state index contributed by atoms with van der Waals surface area (Å²) in [7, 11) is 0. The van der Waals surface area contributed by atoms with Crippen molar-refractivity contribution in [3.8, 4) is 11.1 Å². The molecule has 2 heteroatoms. The number of hydrogen-bond donors (Lipinski definition) is 0. The summed E-state index contributed by atoms with van der Waals surface area (Å²) in [6.45, 7) is 4.68. The summed E-state index contributed by atoms with van der Waals surface area (Å²) >= 11 is 0. The van der Waals surface area contributed by atoms with E-state index in [0.29, 0.717) is 0 Å². The van der Waals surface area contributed by atoms with Gasteiger partial charge in [0, 0.05) is 33.2 Å². The largest absolute Gasteiger partial charge is 0.456 e. The molecule has 0 saturated heterocycles. The van der Waals surface area contributed by atoms with Crippen molar-refractivity contribution in [3.63, 3.8) is 0 Å². The second-order valence-electron chi connectivity index (χ2n) is 11.0. The van der Waals surface area contributed by atoms with E-state index in [9.17, 15) is 0 Å². The van der Waals surface area contributed by atoms with Gasteiger partial charge in [0.15, 0.2) is 0 Å². The summed E-state index contributed by atoms with van der Waals surface area (Å²) in [6, 6.07) is 45.8. The highest BCUT2D eigenvalue weighted by Crippen LogP contribution is 2.50. The van der Waals surface area contributed by atoms with Gasteiger partial charge in [0.25, 0.3) is 0 Å². The number of fused-ring (bicyclic) bond motifs is 8. The average molecular weight is 502 g/mol. The molecule has 0 fully saturated rings. The van der Waals surface area contributed by atoms with Crippen molar-refractivity contribution in [2.24, 2.45) is 0 Å². The van der Waals surface area contributed by atoms with Gasteiger partial charge in [-0.05, 0) is 81.6 Å². The molecular formula is C37H27NO. The van der Waals surface area contributed by atoms with Gasteiger partial charge in [0.05, 0.1) is 0 Å². The van der Waals surface area contributed by atoms with Crippen molar-refractivity contribution in [1.29, 1.82) is 0 Å². The van der Waals surface area contributed by atoms with Crippen LogP contribution >= 0.6 is 0 Å². The Hall–Kier alpha value is -4.82. The molecule has 7 aromatic rings. The molecule has 0 unspecified atom stereocenters. The highest BCUT2D eigenvalue weighted by atomic mass is 16.3. The lowest BCUT2D eigenvalue weighted by molar-refractivity contribution is 0.660. The quantitative estimate of drug-likeness (QED) is 0.239. The molecule has 0 saturated carbocycles. The summed E-state index contributed by atoms with van der Waals surface area (Å²) < 4.78 is 6.16. The molecule has 1 heterocycles. The molecule has 0 spiro atoms. The summed E-state index contributed by atoms with van der Waals surface area (Å²) in [4.78, 5) is 2.37. The number of nitrogens with zero attached hydrogens (tertiary/aromatic N) is 1. The topological polar surface area (TPSA) is 16.4 Å². The second kappa shape index (κ2) is 8.09. The van der Waals surface area contributed by atoms with Gasteiger partial charge in [-0.2, -0.15) is 0 Å². The van der Waals surface area contributed by atoms with Crippen LogP contribution in [0.3, 0.4) is 0 Å². The molecule has 8 rings (SSSR count). The first-order chi connectivity index (χ1) is 19.1. The maximum atomic E-state index is 6.16. The van der Waals surface area contributed by atoms with Crippen LogP contribution < -0.4 is 4.90 Å². The first kappa shape index (κ1) is 22.2. The van der Waals surface area contributed by atoms with E-state index in [1.807, 2.05) is 12.1 Å². The molecular weight excluding hydrogens is 474 g/mol. The van der Waals surface area contributed by atoms with Crippen molar-refractivity contribution >= 4 is 49.8 Å². The van der Waals surface area contributed by atoms with Gasteiger partial charge in [-0.25, -0.2) is 0 Å². The van der Waals surface area contributed by atoms with Crippen LogP contribution in [-0.4, -0.2) is 0 Å². The molecule has 0 N–H and O–H groups in total. The zero-order valence-corrected chi connectivity index (χ0v) is 22.0. The highest BCUT2D eigenvalue weighted by molar-refractivity contribution is 6.19. The molecule has 0 atom stereocenters. The van der Waals surface area contributed by atoms with E-state index in [1.54, 1.807) is 0 Å². The molecule has 0 aliphatic heterocycles. The van der Waals surface area contributed by atoms with E-state index < -0.39 is 0 Å². The Balaban J connectivity index is 1.33. The molecule has 0 amide bonds. The molecule has 1 aliphatic rings. The first-order valence-corrected chi connectivity index (χ1v) is 13.5. The van der Waals surface area contributed by atoms with E-state index in [4.69, 9.17) is 4.42 Å².